The third kappa shape index (κ3) is 4.29. The van der Waals surface area contributed by atoms with E-state index in [1.54, 1.807) is 0 Å². The molecule has 3 heteroatoms. The lowest BCUT2D eigenvalue weighted by Crippen LogP contribution is -2.56. The van der Waals surface area contributed by atoms with E-state index in [2.05, 4.69) is 42.6 Å². The van der Waals surface area contributed by atoms with Gasteiger partial charge < -0.3 is 16.2 Å². The largest absolute Gasteiger partial charge is 0.396 e. The van der Waals surface area contributed by atoms with Crippen molar-refractivity contribution in [2.24, 2.45) is 5.73 Å². The van der Waals surface area contributed by atoms with E-state index < -0.39 is 0 Å². The van der Waals surface area contributed by atoms with Crippen LogP contribution in [0.3, 0.4) is 0 Å². The van der Waals surface area contributed by atoms with Crippen molar-refractivity contribution in [2.45, 2.75) is 62.9 Å². The van der Waals surface area contributed by atoms with Crippen LogP contribution in [0.1, 0.15) is 56.9 Å². The SMILES string of the molecule is CCC(CCO)NC1(CN)CCC(c2ccccc2)CC1. The number of rotatable bonds is 7. The molecule has 0 radical (unpaired) electrons. The maximum Gasteiger partial charge on any atom is 0.0445 e. The van der Waals surface area contributed by atoms with E-state index in [-0.39, 0.29) is 12.1 Å². The van der Waals surface area contributed by atoms with Gasteiger partial charge in [-0.05, 0) is 50.0 Å². The van der Waals surface area contributed by atoms with Crippen molar-refractivity contribution >= 4 is 0 Å². The molecule has 1 aliphatic rings. The molecule has 1 aromatic rings. The van der Waals surface area contributed by atoms with Crippen LogP contribution in [-0.4, -0.2) is 29.8 Å². The Morgan fingerprint density at radius 3 is 2.48 bits per heavy atom. The lowest BCUT2D eigenvalue weighted by atomic mass is 9.73. The van der Waals surface area contributed by atoms with E-state index >= 15 is 0 Å². The van der Waals surface area contributed by atoms with Crippen LogP contribution in [0.5, 0.6) is 0 Å². The molecule has 1 aliphatic carbocycles. The van der Waals surface area contributed by atoms with Crippen LogP contribution >= 0.6 is 0 Å². The average molecular weight is 290 g/mol. The molecule has 0 saturated heterocycles. The highest BCUT2D eigenvalue weighted by Gasteiger charge is 2.35. The summed E-state index contributed by atoms with van der Waals surface area (Å²) >= 11 is 0. The molecule has 3 nitrogen and oxygen atoms in total. The van der Waals surface area contributed by atoms with E-state index in [1.807, 2.05) is 0 Å². The normalized spacial score (nSPS) is 27.5. The second kappa shape index (κ2) is 7.92. The number of aliphatic hydroxyl groups excluding tert-OH is 1. The second-order valence-corrected chi connectivity index (χ2v) is 6.43. The van der Waals surface area contributed by atoms with Crippen LogP contribution < -0.4 is 11.1 Å². The number of nitrogens with two attached hydrogens (primary N) is 1. The van der Waals surface area contributed by atoms with Gasteiger partial charge in [0.05, 0.1) is 0 Å². The second-order valence-electron chi connectivity index (χ2n) is 6.43. The smallest absolute Gasteiger partial charge is 0.0445 e. The number of nitrogens with one attached hydrogen (secondary N) is 1. The van der Waals surface area contributed by atoms with Crippen molar-refractivity contribution in [1.82, 2.24) is 5.32 Å². The van der Waals surface area contributed by atoms with Gasteiger partial charge in [0.1, 0.15) is 0 Å². The highest BCUT2D eigenvalue weighted by molar-refractivity contribution is 5.20. The fourth-order valence-corrected chi connectivity index (χ4v) is 3.60. The number of aliphatic hydroxyl groups is 1. The summed E-state index contributed by atoms with van der Waals surface area (Å²) in [5, 5.41) is 12.9. The van der Waals surface area contributed by atoms with Crippen LogP contribution in [0.4, 0.5) is 0 Å². The standard InChI is InChI=1S/C18H30N2O/c1-2-17(10-13-21)20-18(14-19)11-8-16(9-12-18)15-6-4-3-5-7-15/h3-7,16-17,20-21H,2,8-14,19H2,1H3. The lowest BCUT2D eigenvalue weighted by molar-refractivity contribution is 0.178. The van der Waals surface area contributed by atoms with Crippen LogP contribution in [0, 0.1) is 0 Å². The van der Waals surface area contributed by atoms with Gasteiger partial charge in [-0.25, -0.2) is 0 Å². The van der Waals surface area contributed by atoms with Crippen molar-refractivity contribution < 1.29 is 5.11 Å². The van der Waals surface area contributed by atoms with Crippen LogP contribution in [0.25, 0.3) is 0 Å². The summed E-state index contributed by atoms with van der Waals surface area (Å²) in [5.41, 5.74) is 7.63. The van der Waals surface area contributed by atoms with Gasteiger partial charge in [0.2, 0.25) is 0 Å². The molecule has 4 N–H and O–H groups in total. The summed E-state index contributed by atoms with van der Waals surface area (Å²) in [6, 6.07) is 11.2. The molecule has 1 unspecified atom stereocenters. The van der Waals surface area contributed by atoms with Crippen molar-refractivity contribution in [3.05, 3.63) is 35.9 Å². The van der Waals surface area contributed by atoms with Crippen molar-refractivity contribution in [3.8, 4) is 0 Å². The number of hydrogen-bond donors (Lipinski definition) is 3. The highest BCUT2D eigenvalue weighted by Crippen LogP contribution is 2.38. The van der Waals surface area contributed by atoms with E-state index in [4.69, 9.17) is 5.73 Å². The molecule has 0 bridgehead atoms. The van der Waals surface area contributed by atoms with Gasteiger partial charge in [0, 0.05) is 24.7 Å². The molecule has 2 rings (SSSR count). The summed E-state index contributed by atoms with van der Waals surface area (Å²) in [7, 11) is 0. The zero-order valence-corrected chi connectivity index (χ0v) is 13.2. The first kappa shape index (κ1) is 16.5. The molecule has 1 fully saturated rings. The van der Waals surface area contributed by atoms with Gasteiger partial charge in [-0.3, -0.25) is 0 Å². The summed E-state index contributed by atoms with van der Waals surface area (Å²) < 4.78 is 0. The fourth-order valence-electron chi connectivity index (χ4n) is 3.60. The van der Waals surface area contributed by atoms with Gasteiger partial charge >= 0.3 is 0 Å². The molecule has 0 aliphatic heterocycles. The first-order valence-electron chi connectivity index (χ1n) is 8.36. The Balaban J connectivity index is 1.95. The zero-order valence-electron chi connectivity index (χ0n) is 13.2. The Bertz CT molecular complexity index is 399. The van der Waals surface area contributed by atoms with E-state index in [9.17, 15) is 5.11 Å². The maximum absolute atomic E-state index is 9.17. The summed E-state index contributed by atoms with van der Waals surface area (Å²) in [6.07, 6.45) is 6.52. The summed E-state index contributed by atoms with van der Waals surface area (Å²) in [5.74, 6) is 0.672. The summed E-state index contributed by atoms with van der Waals surface area (Å²) in [6.45, 7) is 3.11. The Morgan fingerprint density at radius 1 is 1.29 bits per heavy atom. The Hall–Kier alpha value is -0.900. The molecule has 1 aromatic carbocycles. The number of benzene rings is 1. The first-order valence-corrected chi connectivity index (χ1v) is 8.36. The maximum atomic E-state index is 9.17. The molecular formula is C18H30N2O. The predicted octanol–water partition coefficient (Wildman–Crippen LogP) is 2.79. The van der Waals surface area contributed by atoms with Crippen LogP contribution in [-0.2, 0) is 0 Å². The zero-order chi connectivity index (χ0) is 15.1. The van der Waals surface area contributed by atoms with E-state index in [0.717, 1.165) is 25.7 Å². The van der Waals surface area contributed by atoms with Crippen molar-refractivity contribution in [2.75, 3.05) is 13.2 Å². The Kier molecular flexibility index (Phi) is 6.22. The molecule has 1 saturated carbocycles. The lowest BCUT2D eigenvalue weighted by Gasteiger charge is -2.43. The monoisotopic (exact) mass is 290 g/mol. The molecule has 21 heavy (non-hydrogen) atoms. The molecular weight excluding hydrogens is 260 g/mol. The van der Waals surface area contributed by atoms with Gasteiger partial charge in [0.15, 0.2) is 0 Å². The highest BCUT2D eigenvalue weighted by atomic mass is 16.3. The van der Waals surface area contributed by atoms with Crippen molar-refractivity contribution in [3.63, 3.8) is 0 Å². The quantitative estimate of drug-likeness (QED) is 0.724. The molecule has 118 valence electrons. The minimum Gasteiger partial charge on any atom is -0.396 e. The Morgan fingerprint density at radius 2 is 1.95 bits per heavy atom. The minimum absolute atomic E-state index is 0.0706. The van der Waals surface area contributed by atoms with Gasteiger partial charge in [-0.2, -0.15) is 0 Å². The summed E-state index contributed by atoms with van der Waals surface area (Å²) in [4.78, 5) is 0. The van der Waals surface area contributed by atoms with Crippen molar-refractivity contribution in [1.29, 1.82) is 0 Å². The van der Waals surface area contributed by atoms with E-state index in [1.165, 1.54) is 18.4 Å². The molecule has 0 heterocycles. The third-order valence-corrected chi connectivity index (χ3v) is 5.09. The fraction of sp³-hybridized carbons (Fsp3) is 0.667. The van der Waals surface area contributed by atoms with Crippen LogP contribution in [0.15, 0.2) is 30.3 Å². The average Bonchev–Trinajstić information content (AvgIpc) is 2.56. The third-order valence-electron chi connectivity index (χ3n) is 5.09. The van der Waals surface area contributed by atoms with Gasteiger partial charge in [-0.1, -0.05) is 37.3 Å². The topological polar surface area (TPSA) is 58.3 Å². The molecule has 0 aromatic heterocycles. The van der Waals surface area contributed by atoms with Gasteiger partial charge in [0.25, 0.3) is 0 Å². The molecule has 0 spiro atoms. The molecule has 1 atom stereocenters. The number of hydrogen-bond acceptors (Lipinski definition) is 3. The first-order chi connectivity index (χ1) is 10.2. The van der Waals surface area contributed by atoms with Crippen LogP contribution in [0.2, 0.25) is 0 Å². The predicted molar refractivity (Wildman–Crippen MR) is 88.4 cm³/mol. The van der Waals surface area contributed by atoms with Gasteiger partial charge in [-0.15, -0.1) is 0 Å². The molecule has 0 amide bonds. The minimum atomic E-state index is 0.0706. The Labute approximate surface area is 128 Å². The van der Waals surface area contributed by atoms with E-state index in [0.29, 0.717) is 18.5 Å².